The van der Waals surface area contributed by atoms with Gasteiger partial charge in [-0.25, -0.2) is 0 Å². The second-order valence-corrected chi connectivity index (χ2v) is 4.41. The minimum atomic E-state index is -0.632. The average Bonchev–Trinajstić information content (AvgIpc) is 2.43. The number of nitrogens with one attached hydrogen (secondary N) is 1. The molecule has 0 bridgehead atoms. The number of aryl methyl sites for hydroxylation is 1. The zero-order chi connectivity index (χ0) is 15.6. The number of benzene rings is 2. The van der Waals surface area contributed by atoms with E-state index in [0.717, 1.165) is 18.2 Å². The lowest BCUT2D eigenvalue weighted by Crippen LogP contribution is -2.12. The van der Waals surface area contributed by atoms with Gasteiger partial charge in [0.15, 0.2) is 0 Å². The van der Waals surface area contributed by atoms with Gasteiger partial charge in [0.1, 0.15) is 11.5 Å². The summed E-state index contributed by atoms with van der Waals surface area (Å²) >= 11 is 0. The Labute approximate surface area is 119 Å². The highest BCUT2D eigenvalue weighted by Crippen LogP contribution is 2.28. The van der Waals surface area contributed by atoms with Gasteiger partial charge < -0.3 is 15.5 Å². The molecule has 108 valence electrons. The summed E-state index contributed by atoms with van der Waals surface area (Å²) in [5, 5.41) is 32.2. The van der Waals surface area contributed by atoms with Crippen molar-refractivity contribution in [2.45, 2.75) is 6.92 Å². The van der Waals surface area contributed by atoms with Gasteiger partial charge in [0.25, 0.3) is 11.6 Å². The number of rotatable bonds is 3. The molecule has 0 fully saturated rings. The lowest BCUT2D eigenvalue weighted by Gasteiger charge is -2.08. The Kier molecular flexibility index (Phi) is 3.75. The molecule has 0 aliphatic rings. The standard InChI is InChI=1S/C14H12N2O5/c1-8-2-3-9(6-13(8)18)14(19)15-11-7-10(16(20)21)4-5-12(11)17/h2-7,17-18H,1H3,(H,15,19). The summed E-state index contributed by atoms with van der Waals surface area (Å²) in [5.74, 6) is -0.919. The van der Waals surface area contributed by atoms with Crippen molar-refractivity contribution in [3.8, 4) is 11.5 Å². The molecule has 0 atom stereocenters. The summed E-state index contributed by atoms with van der Waals surface area (Å²) in [6, 6.07) is 7.65. The quantitative estimate of drug-likeness (QED) is 0.456. The van der Waals surface area contributed by atoms with Gasteiger partial charge >= 0.3 is 0 Å². The second kappa shape index (κ2) is 5.49. The van der Waals surface area contributed by atoms with E-state index in [9.17, 15) is 25.1 Å². The molecule has 0 radical (unpaired) electrons. The second-order valence-electron chi connectivity index (χ2n) is 4.41. The first kappa shape index (κ1) is 14.3. The van der Waals surface area contributed by atoms with Gasteiger partial charge in [-0.1, -0.05) is 6.07 Å². The third kappa shape index (κ3) is 3.08. The van der Waals surface area contributed by atoms with Crippen LogP contribution in [0.5, 0.6) is 11.5 Å². The SMILES string of the molecule is Cc1ccc(C(=O)Nc2cc([N+](=O)[O-])ccc2O)cc1O. The molecule has 2 aromatic rings. The number of non-ortho nitro benzene ring substituents is 1. The van der Waals surface area contributed by atoms with Crippen LogP contribution >= 0.6 is 0 Å². The van der Waals surface area contributed by atoms with Gasteiger partial charge in [-0.2, -0.15) is 0 Å². The Balaban J connectivity index is 2.28. The van der Waals surface area contributed by atoms with E-state index >= 15 is 0 Å². The fourth-order valence-electron chi connectivity index (χ4n) is 1.68. The zero-order valence-electron chi connectivity index (χ0n) is 11.0. The minimum Gasteiger partial charge on any atom is -0.508 e. The molecule has 0 saturated carbocycles. The molecule has 1 amide bonds. The Morgan fingerprint density at radius 2 is 1.86 bits per heavy atom. The molecule has 7 nitrogen and oxygen atoms in total. The highest BCUT2D eigenvalue weighted by Gasteiger charge is 2.14. The van der Waals surface area contributed by atoms with Crippen molar-refractivity contribution < 1.29 is 19.9 Å². The summed E-state index contributed by atoms with van der Waals surface area (Å²) < 4.78 is 0. The van der Waals surface area contributed by atoms with Gasteiger partial charge in [0.2, 0.25) is 0 Å². The number of aromatic hydroxyl groups is 2. The summed E-state index contributed by atoms with van der Waals surface area (Å²) in [7, 11) is 0. The minimum absolute atomic E-state index is 0.0362. The number of phenols is 2. The predicted molar refractivity (Wildman–Crippen MR) is 75.6 cm³/mol. The van der Waals surface area contributed by atoms with Gasteiger partial charge in [-0.05, 0) is 30.7 Å². The van der Waals surface area contributed by atoms with Crippen LogP contribution in [0, 0.1) is 17.0 Å². The summed E-state index contributed by atoms with van der Waals surface area (Å²) in [5.41, 5.74) is 0.456. The molecule has 0 heterocycles. The average molecular weight is 288 g/mol. The predicted octanol–water partition coefficient (Wildman–Crippen LogP) is 2.57. The molecular formula is C14H12N2O5. The third-order valence-electron chi connectivity index (χ3n) is 2.91. The molecule has 2 rings (SSSR count). The van der Waals surface area contributed by atoms with Gasteiger partial charge in [-0.15, -0.1) is 0 Å². The van der Waals surface area contributed by atoms with Crippen molar-refractivity contribution in [3.05, 3.63) is 57.6 Å². The number of hydrogen-bond donors (Lipinski definition) is 3. The van der Waals surface area contributed by atoms with Crippen LogP contribution in [0.2, 0.25) is 0 Å². The van der Waals surface area contributed by atoms with E-state index in [1.54, 1.807) is 13.0 Å². The van der Waals surface area contributed by atoms with Crippen LogP contribution in [-0.4, -0.2) is 21.0 Å². The molecule has 0 aromatic heterocycles. The monoisotopic (exact) mass is 288 g/mol. The molecule has 0 aliphatic heterocycles. The van der Waals surface area contributed by atoms with Crippen molar-refractivity contribution in [3.63, 3.8) is 0 Å². The van der Waals surface area contributed by atoms with Crippen LogP contribution in [0.4, 0.5) is 11.4 Å². The van der Waals surface area contributed by atoms with Crippen molar-refractivity contribution in [1.29, 1.82) is 0 Å². The topological polar surface area (TPSA) is 113 Å². The van der Waals surface area contributed by atoms with E-state index in [-0.39, 0.29) is 28.4 Å². The largest absolute Gasteiger partial charge is 0.508 e. The van der Waals surface area contributed by atoms with E-state index in [2.05, 4.69) is 5.32 Å². The first-order valence-electron chi connectivity index (χ1n) is 5.97. The molecular weight excluding hydrogens is 276 g/mol. The van der Waals surface area contributed by atoms with E-state index in [4.69, 9.17) is 0 Å². The van der Waals surface area contributed by atoms with Crippen LogP contribution in [0.3, 0.4) is 0 Å². The van der Waals surface area contributed by atoms with E-state index < -0.39 is 10.8 Å². The van der Waals surface area contributed by atoms with E-state index in [0.29, 0.717) is 5.56 Å². The van der Waals surface area contributed by atoms with Crippen molar-refractivity contribution in [2.75, 3.05) is 5.32 Å². The Hall–Kier alpha value is -3.09. The van der Waals surface area contributed by atoms with Gasteiger partial charge in [-0.3, -0.25) is 14.9 Å². The van der Waals surface area contributed by atoms with Crippen molar-refractivity contribution in [2.24, 2.45) is 0 Å². The zero-order valence-corrected chi connectivity index (χ0v) is 11.0. The van der Waals surface area contributed by atoms with Crippen LogP contribution in [0.1, 0.15) is 15.9 Å². The number of phenolic OH excluding ortho intramolecular Hbond substituents is 2. The molecule has 0 unspecified atom stereocenters. The van der Waals surface area contributed by atoms with Crippen LogP contribution in [0.25, 0.3) is 0 Å². The van der Waals surface area contributed by atoms with Crippen LogP contribution in [0.15, 0.2) is 36.4 Å². The van der Waals surface area contributed by atoms with Crippen molar-refractivity contribution >= 4 is 17.3 Å². The maximum Gasteiger partial charge on any atom is 0.271 e. The van der Waals surface area contributed by atoms with Crippen molar-refractivity contribution in [1.82, 2.24) is 0 Å². The molecule has 0 saturated heterocycles. The number of hydrogen-bond acceptors (Lipinski definition) is 5. The molecule has 7 heteroatoms. The number of nitro benzene ring substituents is 1. The Bertz CT molecular complexity index is 727. The molecule has 2 aromatic carbocycles. The third-order valence-corrected chi connectivity index (χ3v) is 2.91. The van der Waals surface area contributed by atoms with Gasteiger partial charge in [0.05, 0.1) is 10.6 Å². The molecule has 0 spiro atoms. The van der Waals surface area contributed by atoms with E-state index in [1.165, 1.54) is 12.1 Å². The number of anilines is 1. The number of nitrogens with zero attached hydrogens (tertiary/aromatic N) is 1. The number of nitro groups is 1. The fourth-order valence-corrected chi connectivity index (χ4v) is 1.68. The first-order chi connectivity index (χ1) is 9.88. The first-order valence-corrected chi connectivity index (χ1v) is 5.97. The number of amides is 1. The normalized spacial score (nSPS) is 10.1. The lowest BCUT2D eigenvalue weighted by atomic mass is 10.1. The highest BCUT2D eigenvalue weighted by atomic mass is 16.6. The molecule has 21 heavy (non-hydrogen) atoms. The molecule has 3 N–H and O–H groups in total. The van der Waals surface area contributed by atoms with Crippen LogP contribution < -0.4 is 5.32 Å². The molecule has 0 aliphatic carbocycles. The lowest BCUT2D eigenvalue weighted by molar-refractivity contribution is -0.384. The maximum atomic E-state index is 12.0. The summed E-state index contributed by atoms with van der Waals surface area (Å²) in [4.78, 5) is 22.1. The highest BCUT2D eigenvalue weighted by molar-refractivity contribution is 6.05. The van der Waals surface area contributed by atoms with E-state index in [1.807, 2.05) is 0 Å². The smallest absolute Gasteiger partial charge is 0.271 e. The Morgan fingerprint density at radius 3 is 2.48 bits per heavy atom. The van der Waals surface area contributed by atoms with Gasteiger partial charge in [0, 0.05) is 17.7 Å². The Morgan fingerprint density at radius 1 is 1.14 bits per heavy atom. The summed E-state index contributed by atoms with van der Waals surface area (Å²) in [6.45, 7) is 1.68. The fraction of sp³-hybridized carbons (Fsp3) is 0.0714. The number of carbonyl (C=O) groups excluding carboxylic acids is 1. The number of carbonyl (C=O) groups is 1. The van der Waals surface area contributed by atoms with Crippen LogP contribution in [-0.2, 0) is 0 Å². The summed E-state index contributed by atoms with van der Waals surface area (Å²) in [6.07, 6.45) is 0. The maximum absolute atomic E-state index is 12.0.